The van der Waals surface area contributed by atoms with Crippen LogP contribution >= 0.6 is 15.9 Å². The van der Waals surface area contributed by atoms with Gasteiger partial charge in [0.15, 0.2) is 0 Å². The van der Waals surface area contributed by atoms with Crippen molar-refractivity contribution in [3.63, 3.8) is 0 Å². The number of halogens is 1. The number of hydrogen-bond donors (Lipinski definition) is 4. The molecule has 0 bridgehead atoms. The van der Waals surface area contributed by atoms with E-state index in [1.165, 1.54) is 5.56 Å². The maximum absolute atomic E-state index is 12.7. The molecule has 0 spiro atoms. The van der Waals surface area contributed by atoms with Gasteiger partial charge in [-0.05, 0) is 59.7 Å². The van der Waals surface area contributed by atoms with Gasteiger partial charge < -0.3 is 15.7 Å². The fraction of sp³-hybridized carbons (Fsp3) is 0.417. The molecule has 8 nitrogen and oxygen atoms in total. The highest BCUT2D eigenvalue weighted by atomic mass is 79.9. The minimum atomic E-state index is -3.44. The van der Waals surface area contributed by atoms with E-state index in [2.05, 4.69) is 53.4 Å². The first-order chi connectivity index (χ1) is 16.4. The highest BCUT2D eigenvalue weighted by molar-refractivity contribution is 9.10. The molecule has 1 aliphatic carbocycles. The molecule has 10 heteroatoms. The van der Waals surface area contributed by atoms with E-state index >= 15 is 0 Å². The second-order valence-electron chi connectivity index (χ2n) is 8.12. The first-order valence-corrected chi connectivity index (χ1v) is 13.8. The molecular weight excluding hydrogens is 518 g/mol. The topological polar surface area (TPSA) is 116 Å². The van der Waals surface area contributed by atoms with Crippen molar-refractivity contribution in [2.24, 2.45) is 0 Å². The molecule has 0 radical (unpaired) electrons. The third-order valence-corrected chi connectivity index (χ3v) is 7.89. The Morgan fingerprint density at radius 3 is 2.71 bits per heavy atom. The molecule has 1 heterocycles. The van der Waals surface area contributed by atoms with Gasteiger partial charge in [-0.3, -0.25) is 0 Å². The Balaban J connectivity index is 1.47. The first kappa shape index (κ1) is 26.3. The van der Waals surface area contributed by atoms with Crippen molar-refractivity contribution in [1.29, 1.82) is 0 Å². The number of hydrogen-bond acceptors (Lipinski definition) is 7. The number of nitrogens with one attached hydrogen (secondary N) is 3. The van der Waals surface area contributed by atoms with Crippen molar-refractivity contribution in [1.82, 2.24) is 14.7 Å². The van der Waals surface area contributed by atoms with Crippen molar-refractivity contribution < 1.29 is 13.5 Å². The van der Waals surface area contributed by atoms with Crippen molar-refractivity contribution in [2.45, 2.75) is 50.3 Å². The van der Waals surface area contributed by atoms with Crippen LogP contribution in [0.5, 0.6) is 0 Å². The molecule has 0 amide bonds. The van der Waals surface area contributed by atoms with E-state index in [0.717, 1.165) is 31.4 Å². The fourth-order valence-electron chi connectivity index (χ4n) is 3.47. The van der Waals surface area contributed by atoms with Crippen LogP contribution in [0.2, 0.25) is 0 Å². The monoisotopic (exact) mass is 549 g/mol. The largest absolute Gasteiger partial charge is 0.394 e. The number of unbranched alkanes of at least 4 members (excludes halogenated alkanes) is 1. The van der Waals surface area contributed by atoms with Gasteiger partial charge in [0.1, 0.15) is 5.82 Å². The fourth-order valence-corrected chi connectivity index (χ4v) is 5.06. The van der Waals surface area contributed by atoms with E-state index in [9.17, 15) is 13.5 Å². The van der Waals surface area contributed by atoms with Crippen LogP contribution in [0.3, 0.4) is 0 Å². The third kappa shape index (κ3) is 7.90. The minimum absolute atomic E-state index is 0.000515. The van der Waals surface area contributed by atoms with E-state index in [-0.39, 0.29) is 12.6 Å². The first-order valence-electron chi connectivity index (χ1n) is 11.5. The number of benzene rings is 1. The second-order valence-corrected chi connectivity index (χ2v) is 11.0. The normalized spacial score (nSPS) is 16.7. The lowest BCUT2D eigenvalue weighted by atomic mass is 10.1. The third-order valence-electron chi connectivity index (χ3n) is 5.55. The molecule has 0 aliphatic heterocycles. The molecule has 0 fully saturated rings. The van der Waals surface area contributed by atoms with E-state index in [1.807, 2.05) is 31.2 Å². The summed E-state index contributed by atoms with van der Waals surface area (Å²) < 4.78 is 28.7. The van der Waals surface area contributed by atoms with Gasteiger partial charge in [-0.1, -0.05) is 49.4 Å². The quantitative estimate of drug-likeness (QED) is 0.279. The molecule has 4 N–H and O–H groups in total. The highest BCUT2D eigenvalue weighted by Crippen LogP contribution is 2.23. The van der Waals surface area contributed by atoms with Gasteiger partial charge in [-0.25, -0.2) is 18.1 Å². The molecule has 0 saturated carbocycles. The van der Waals surface area contributed by atoms with Crippen LogP contribution in [0.25, 0.3) is 0 Å². The van der Waals surface area contributed by atoms with Gasteiger partial charge in [0.05, 0.1) is 22.4 Å². The van der Waals surface area contributed by atoms with Gasteiger partial charge in [0, 0.05) is 18.4 Å². The molecule has 0 saturated heterocycles. The number of aliphatic hydroxyl groups is 1. The van der Waals surface area contributed by atoms with E-state index in [4.69, 9.17) is 0 Å². The molecule has 1 aliphatic rings. The number of anilines is 2. The number of sulfonamides is 1. The second kappa shape index (κ2) is 13.0. The summed E-state index contributed by atoms with van der Waals surface area (Å²) in [4.78, 5) is 8.72. The summed E-state index contributed by atoms with van der Waals surface area (Å²) in [6.45, 7) is 2.41. The summed E-state index contributed by atoms with van der Waals surface area (Å²) in [7, 11) is -3.44. The van der Waals surface area contributed by atoms with Crippen molar-refractivity contribution >= 4 is 37.7 Å². The van der Waals surface area contributed by atoms with Crippen LogP contribution < -0.4 is 15.4 Å². The molecule has 1 aromatic carbocycles. The Morgan fingerprint density at radius 2 is 2.03 bits per heavy atom. The van der Waals surface area contributed by atoms with Gasteiger partial charge in [0.25, 0.3) is 0 Å². The number of rotatable bonds is 13. The Kier molecular flexibility index (Phi) is 10.1. The molecule has 1 aromatic heterocycles. The Labute approximate surface area is 210 Å². The van der Waals surface area contributed by atoms with Crippen LogP contribution in [0.4, 0.5) is 11.8 Å². The van der Waals surface area contributed by atoms with Gasteiger partial charge in [0.2, 0.25) is 16.0 Å². The summed E-state index contributed by atoms with van der Waals surface area (Å²) >= 11 is 3.42. The maximum atomic E-state index is 12.7. The minimum Gasteiger partial charge on any atom is -0.394 e. The number of aryl methyl sites for hydroxylation is 1. The molecule has 184 valence electrons. The average Bonchev–Trinajstić information content (AvgIpc) is 2.85. The molecular formula is C24H32BrN5O3S. The summed E-state index contributed by atoms with van der Waals surface area (Å²) in [6.07, 6.45) is 10.7. The van der Waals surface area contributed by atoms with Crippen molar-refractivity contribution in [3.8, 4) is 0 Å². The van der Waals surface area contributed by atoms with Crippen LogP contribution in [0, 0.1) is 0 Å². The van der Waals surface area contributed by atoms with Crippen molar-refractivity contribution in [3.05, 3.63) is 70.5 Å². The van der Waals surface area contributed by atoms with E-state index < -0.39 is 15.3 Å². The molecule has 1 unspecified atom stereocenters. The predicted molar refractivity (Wildman–Crippen MR) is 140 cm³/mol. The van der Waals surface area contributed by atoms with Crippen molar-refractivity contribution in [2.75, 3.05) is 23.8 Å². The number of allylic oxidation sites excluding steroid dienone is 2. The highest BCUT2D eigenvalue weighted by Gasteiger charge is 2.23. The Bertz CT molecular complexity index is 1090. The maximum Gasteiger partial charge on any atom is 0.229 e. The lowest BCUT2D eigenvalue weighted by Crippen LogP contribution is -2.34. The number of aliphatic hydroxyl groups excluding tert-OH is 1. The smallest absolute Gasteiger partial charge is 0.229 e. The zero-order chi connectivity index (χ0) is 24.4. The van der Waals surface area contributed by atoms with E-state index in [0.29, 0.717) is 29.2 Å². The zero-order valence-electron chi connectivity index (χ0n) is 19.2. The average molecular weight is 551 g/mol. The molecule has 34 heavy (non-hydrogen) atoms. The summed E-state index contributed by atoms with van der Waals surface area (Å²) in [6, 6.07) is 10.1. The Morgan fingerprint density at radius 1 is 1.24 bits per heavy atom. The Hall–Kier alpha value is -2.27. The molecule has 2 aromatic rings. The lowest BCUT2D eigenvalue weighted by molar-refractivity contribution is 0.271. The van der Waals surface area contributed by atoms with Gasteiger partial charge >= 0.3 is 0 Å². The summed E-state index contributed by atoms with van der Waals surface area (Å²) in [5, 5.41) is 15.1. The van der Waals surface area contributed by atoms with E-state index in [1.54, 1.807) is 18.3 Å². The standard InChI is InChI=1S/C24H32BrN5O3S/c1-2-19(17-31)28-23-22(25)16-26-24(30-23)29-20-11-13-21(14-12-20)34(32,33)27-15-7-6-10-18-8-4-3-5-9-18/h3-5,8-9,11-13,16,19,21,27,31H,2,6-7,10,14-15,17H2,1H3,(H2,26,28,29,30)/t19-,21?/m1/s1. The van der Waals surface area contributed by atoms with Gasteiger partial charge in [-0.15, -0.1) is 0 Å². The van der Waals surface area contributed by atoms with Gasteiger partial charge in [-0.2, -0.15) is 4.98 Å². The number of nitrogens with zero attached hydrogens (tertiary/aromatic N) is 2. The summed E-state index contributed by atoms with van der Waals surface area (Å²) in [5.41, 5.74) is 2.00. The van der Waals surface area contributed by atoms with Crippen LogP contribution in [0.1, 0.15) is 38.2 Å². The molecule has 3 rings (SSSR count). The van der Waals surface area contributed by atoms with Crippen LogP contribution in [-0.4, -0.2) is 47.9 Å². The molecule has 2 atom stereocenters. The van der Waals surface area contributed by atoms with Crippen LogP contribution in [0.15, 0.2) is 64.9 Å². The zero-order valence-corrected chi connectivity index (χ0v) is 21.6. The number of aromatic nitrogens is 2. The predicted octanol–water partition coefficient (Wildman–Crippen LogP) is 3.99. The van der Waals surface area contributed by atoms with Crippen LogP contribution in [-0.2, 0) is 16.4 Å². The summed E-state index contributed by atoms with van der Waals surface area (Å²) in [5.74, 6) is 0.961. The SMILES string of the molecule is CC[C@H](CO)Nc1nc(NC2=CCC(S(=O)(=O)NCCCCc3ccccc3)C=C2)ncc1Br. The lowest BCUT2D eigenvalue weighted by Gasteiger charge is -2.19.